The second-order valence-electron chi connectivity index (χ2n) is 4.30. The molecule has 0 bridgehead atoms. The summed E-state index contributed by atoms with van der Waals surface area (Å²) in [5, 5.41) is 3.46. The third-order valence-corrected chi connectivity index (χ3v) is 2.56. The largest absolute Gasteiger partial charge is 0.383 e. The van der Waals surface area contributed by atoms with E-state index in [9.17, 15) is 0 Å². The molecule has 0 fully saturated rings. The Kier molecular flexibility index (Phi) is 9.06. The Morgan fingerprint density at radius 3 is 2.33 bits per heavy atom. The second-order valence-corrected chi connectivity index (χ2v) is 4.30. The first-order valence-electron chi connectivity index (χ1n) is 6.12. The second kappa shape index (κ2) is 9.13. The van der Waals surface area contributed by atoms with E-state index in [2.05, 4.69) is 37.9 Å². The number of ether oxygens (including phenoxy) is 1. The Bertz CT molecular complexity index is 134. The summed E-state index contributed by atoms with van der Waals surface area (Å²) >= 11 is 0. The Hall–Kier alpha value is -0.120. The van der Waals surface area contributed by atoms with Gasteiger partial charge >= 0.3 is 0 Å². The molecule has 1 atom stereocenters. The number of nitrogens with zero attached hydrogens (tertiary/aromatic N) is 1. The molecule has 1 N–H and O–H groups in total. The molecule has 1 unspecified atom stereocenters. The molecule has 0 heterocycles. The van der Waals surface area contributed by atoms with Crippen molar-refractivity contribution in [2.75, 3.05) is 33.4 Å². The highest BCUT2D eigenvalue weighted by atomic mass is 16.5. The molecule has 3 heteroatoms. The van der Waals surface area contributed by atoms with Crippen LogP contribution in [-0.2, 0) is 4.74 Å². The van der Waals surface area contributed by atoms with Crippen molar-refractivity contribution in [1.29, 1.82) is 0 Å². The van der Waals surface area contributed by atoms with Crippen LogP contribution in [-0.4, -0.2) is 50.3 Å². The van der Waals surface area contributed by atoms with Gasteiger partial charge in [0.25, 0.3) is 0 Å². The average Bonchev–Trinajstić information content (AvgIpc) is 2.17. The first kappa shape index (κ1) is 14.9. The molecule has 0 aromatic heterocycles. The fourth-order valence-electron chi connectivity index (χ4n) is 1.80. The van der Waals surface area contributed by atoms with Gasteiger partial charge in [-0.3, -0.25) is 4.90 Å². The molecular weight excluding hydrogens is 188 g/mol. The predicted molar refractivity (Wildman–Crippen MR) is 66.3 cm³/mol. The van der Waals surface area contributed by atoms with Crippen LogP contribution in [0.4, 0.5) is 0 Å². The lowest BCUT2D eigenvalue weighted by Gasteiger charge is -2.30. The minimum atomic E-state index is 0.453. The minimum Gasteiger partial charge on any atom is -0.383 e. The van der Waals surface area contributed by atoms with E-state index in [1.165, 1.54) is 13.0 Å². The van der Waals surface area contributed by atoms with Crippen LogP contribution in [0.25, 0.3) is 0 Å². The highest BCUT2D eigenvalue weighted by Gasteiger charge is 2.14. The van der Waals surface area contributed by atoms with E-state index >= 15 is 0 Å². The van der Waals surface area contributed by atoms with Gasteiger partial charge in [-0.1, -0.05) is 13.8 Å². The molecule has 15 heavy (non-hydrogen) atoms. The van der Waals surface area contributed by atoms with Crippen LogP contribution in [0, 0.1) is 0 Å². The first-order valence-corrected chi connectivity index (χ1v) is 6.12. The van der Waals surface area contributed by atoms with Crippen LogP contribution in [0.2, 0.25) is 0 Å². The van der Waals surface area contributed by atoms with E-state index < -0.39 is 0 Å². The molecule has 0 spiro atoms. The summed E-state index contributed by atoms with van der Waals surface area (Å²) in [7, 11) is 1.77. The Morgan fingerprint density at radius 2 is 1.93 bits per heavy atom. The Balaban J connectivity index is 4.06. The van der Waals surface area contributed by atoms with Gasteiger partial charge in [-0.2, -0.15) is 0 Å². The van der Waals surface area contributed by atoms with E-state index in [1.54, 1.807) is 7.11 Å². The van der Waals surface area contributed by atoms with Crippen LogP contribution in [0.15, 0.2) is 0 Å². The summed E-state index contributed by atoms with van der Waals surface area (Å²) < 4.78 is 5.23. The lowest BCUT2D eigenvalue weighted by Crippen LogP contribution is -2.46. The van der Waals surface area contributed by atoms with E-state index in [4.69, 9.17) is 4.74 Å². The fraction of sp³-hybridized carbons (Fsp3) is 1.00. The quantitative estimate of drug-likeness (QED) is 0.635. The van der Waals surface area contributed by atoms with Crippen LogP contribution < -0.4 is 5.32 Å². The van der Waals surface area contributed by atoms with E-state index in [0.29, 0.717) is 12.1 Å². The number of likely N-dealkylation sites (N-methyl/N-ethyl adjacent to an activating group) is 1. The maximum absolute atomic E-state index is 5.23. The normalized spacial score (nSPS) is 13.8. The third-order valence-electron chi connectivity index (χ3n) is 2.56. The fourth-order valence-corrected chi connectivity index (χ4v) is 1.80. The van der Waals surface area contributed by atoms with Gasteiger partial charge in [0.1, 0.15) is 0 Å². The van der Waals surface area contributed by atoms with Gasteiger partial charge in [-0.05, 0) is 33.4 Å². The van der Waals surface area contributed by atoms with Crippen molar-refractivity contribution in [3.05, 3.63) is 0 Å². The van der Waals surface area contributed by atoms with Gasteiger partial charge in [0.05, 0.1) is 6.61 Å². The number of hydrogen-bond donors (Lipinski definition) is 1. The number of hydrogen-bond acceptors (Lipinski definition) is 3. The summed E-state index contributed by atoms with van der Waals surface area (Å²) in [6.07, 6.45) is 1.21. The summed E-state index contributed by atoms with van der Waals surface area (Å²) in [5.74, 6) is 0. The van der Waals surface area contributed by atoms with Crippen molar-refractivity contribution in [3.63, 3.8) is 0 Å². The Morgan fingerprint density at radius 1 is 1.27 bits per heavy atom. The van der Waals surface area contributed by atoms with Gasteiger partial charge < -0.3 is 10.1 Å². The third kappa shape index (κ3) is 6.88. The molecule has 0 rings (SSSR count). The SMILES string of the molecule is CCCN(CC(COC)NCC)C(C)C. The zero-order chi connectivity index (χ0) is 11.7. The lowest BCUT2D eigenvalue weighted by atomic mass is 10.2. The van der Waals surface area contributed by atoms with Crippen LogP contribution in [0.5, 0.6) is 0 Å². The number of nitrogens with one attached hydrogen (secondary N) is 1. The highest BCUT2D eigenvalue weighted by Crippen LogP contribution is 2.02. The highest BCUT2D eigenvalue weighted by molar-refractivity contribution is 4.73. The van der Waals surface area contributed by atoms with Crippen molar-refractivity contribution >= 4 is 0 Å². The smallest absolute Gasteiger partial charge is 0.0628 e. The molecule has 0 saturated heterocycles. The molecule has 3 nitrogen and oxygen atoms in total. The zero-order valence-corrected chi connectivity index (χ0v) is 11.0. The molecule has 0 aromatic rings. The van der Waals surface area contributed by atoms with Gasteiger partial charge in [-0.25, -0.2) is 0 Å². The van der Waals surface area contributed by atoms with Gasteiger partial charge in [0, 0.05) is 25.7 Å². The van der Waals surface area contributed by atoms with Crippen molar-refractivity contribution in [2.24, 2.45) is 0 Å². The van der Waals surface area contributed by atoms with Gasteiger partial charge in [-0.15, -0.1) is 0 Å². The van der Waals surface area contributed by atoms with E-state index in [-0.39, 0.29) is 0 Å². The molecule has 0 aliphatic heterocycles. The molecule has 0 aromatic carbocycles. The number of methoxy groups -OCH3 is 1. The lowest BCUT2D eigenvalue weighted by molar-refractivity contribution is 0.126. The molecule has 0 radical (unpaired) electrons. The van der Waals surface area contributed by atoms with Crippen LogP contribution in [0.3, 0.4) is 0 Å². The number of rotatable bonds is 9. The average molecular weight is 216 g/mol. The van der Waals surface area contributed by atoms with E-state index in [0.717, 1.165) is 19.7 Å². The topological polar surface area (TPSA) is 24.5 Å². The van der Waals surface area contributed by atoms with Crippen LogP contribution >= 0.6 is 0 Å². The summed E-state index contributed by atoms with van der Waals surface area (Å²) in [6, 6.07) is 1.07. The molecular formula is C12H28N2O. The summed E-state index contributed by atoms with van der Waals surface area (Å²) in [5.41, 5.74) is 0. The molecule has 0 saturated carbocycles. The van der Waals surface area contributed by atoms with E-state index in [1.807, 2.05) is 0 Å². The van der Waals surface area contributed by atoms with Crippen LogP contribution in [0.1, 0.15) is 34.1 Å². The predicted octanol–water partition coefficient (Wildman–Crippen LogP) is 1.73. The van der Waals surface area contributed by atoms with Gasteiger partial charge in [0.2, 0.25) is 0 Å². The standard InChI is InChI=1S/C12H28N2O/c1-6-8-14(11(3)4)9-12(10-15-5)13-7-2/h11-13H,6-10H2,1-5H3. The monoisotopic (exact) mass is 216 g/mol. The summed E-state index contributed by atoms with van der Waals surface area (Å²) in [6.45, 7) is 12.9. The maximum atomic E-state index is 5.23. The van der Waals surface area contributed by atoms with Crippen molar-refractivity contribution < 1.29 is 4.74 Å². The molecule has 92 valence electrons. The van der Waals surface area contributed by atoms with Crippen molar-refractivity contribution in [2.45, 2.75) is 46.2 Å². The van der Waals surface area contributed by atoms with Crippen molar-refractivity contribution in [3.8, 4) is 0 Å². The Labute approximate surface area is 95.2 Å². The van der Waals surface area contributed by atoms with Gasteiger partial charge in [0.15, 0.2) is 0 Å². The molecule has 0 amide bonds. The maximum Gasteiger partial charge on any atom is 0.0628 e. The first-order chi connectivity index (χ1) is 7.15. The molecule has 0 aliphatic rings. The molecule has 0 aliphatic carbocycles. The van der Waals surface area contributed by atoms with Crippen molar-refractivity contribution in [1.82, 2.24) is 10.2 Å². The summed E-state index contributed by atoms with van der Waals surface area (Å²) in [4.78, 5) is 2.51. The minimum absolute atomic E-state index is 0.453. The zero-order valence-electron chi connectivity index (χ0n) is 11.0.